The molecular formula is C84H161NO18. The summed E-state index contributed by atoms with van der Waals surface area (Å²) >= 11 is 0. The standard InChI is InChI=1S/C84H161NO18/c1-3-5-7-9-11-13-15-17-19-21-23-25-27-29-31-32-33-34-35-36-37-39-41-43-45-47-49-51-53-55-57-59-61-68(89)67(85-72(90)62-60-58-56-54-52-50-48-46-44-42-40-38-30-28-26-24-22-20-18-16-14-12-10-8-6-4-2)66-98-82-78(96)75(93)80(70(64-87)100-82)103-84-79(97)76(94)81(71(65-88)101-84)102-83-77(95)74(92)73(91)69(63-86)99-83/h59,61,67-71,73-84,86-89,91-97H,3-58,60,62-66H2,1-2H3,(H,85,90)/b61-59+. The second-order valence-electron chi connectivity index (χ2n) is 31.4. The van der Waals surface area contributed by atoms with Gasteiger partial charge in [-0.3, -0.25) is 4.79 Å². The van der Waals surface area contributed by atoms with Crippen molar-refractivity contribution in [3.05, 3.63) is 12.2 Å². The van der Waals surface area contributed by atoms with E-state index in [9.17, 15) is 61.0 Å². The summed E-state index contributed by atoms with van der Waals surface area (Å²) < 4.78 is 34.5. The monoisotopic (exact) mass is 1470 g/mol. The van der Waals surface area contributed by atoms with Crippen LogP contribution in [0.4, 0.5) is 0 Å². The van der Waals surface area contributed by atoms with Crippen LogP contribution in [-0.4, -0.2) is 193 Å². The summed E-state index contributed by atoms with van der Waals surface area (Å²) in [7, 11) is 0. The first kappa shape index (κ1) is 95.7. The van der Waals surface area contributed by atoms with Crippen LogP contribution in [0.1, 0.15) is 386 Å². The van der Waals surface area contributed by atoms with E-state index in [0.29, 0.717) is 6.42 Å². The second-order valence-corrected chi connectivity index (χ2v) is 31.4. The van der Waals surface area contributed by atoms with Crippen LogP contribution in [0.25, 0.3) is 0 Å². The topological polar surface area (TPSA) is 307 Å². The molecule has 19 nitrogen and oxygen atoms in total. The smallest absolute Gasteiger partial charge is 0.220 e. The van der Waals surface area contributed by atoms with Crippen LogP contribution >= 0.6 is 0 Å². The second kappa shape index (κ2) is 65.3. The summed E-state index contributed by atoms with van der Waals surface area (Å²) in [5.41, 5.74) is 0. The van der Waals surface area contributed by atoms with Crippen molar-refractivity contribution in [3.8, 4) is 0 Å². The molecule has 3 rings (SSSR count). The molecule has 19 heteroatoms. The number of amides is 1. The van der Waals surface area contributed by atoms with Gasteiger partial charge in [0, 0.05) is 6.42 Å². The number of ether oxygens (including phenoxy) is 6. The number of hydrogen-bond acceptors (Lipinski definition) is 18. The quantitative estimate of drug-likeness (QED) is 0.0199. The highest BCUT2D eigenvalue weighted by Gasteiger charge is 2.54. The maximum absolute atomic E-state index is 13.5. The summed E-state index contributed by atoms with van der Waals surface area (Å²) in [6.07, 6.45) is 52.2. The molecule has 3 heterocycles. The van der Waals surface area contributed by atoms with Crippen LogP contribution in [0.2, 0.25) is 0 Å². The van der Waals surface area contributed by atoms with E-state index >= 15 is 0 Å². The van der Waals surface area contributed by atoms with Gasteiger partial charge in [-0.25, -0.2) is 0 Å². The van der Waals surface area contributed by atoms with Gasteiger partial charge in [0.25, 0.3) is 0 Å². The number of allylic oxidation sites excluding steroid dienone is 1. The van der Waals surface area contributed by atoms with Gasteiger partial charge < -0.3 is 89.9 Å². The first-order valence-electron chi connectivity index (χ1n) is 43.4. The highest BCUT2D eigenvalue weighted by atomic mass is 16.8. The molecule has 3 fully saturated rings. The van der Waals surface area contributed by atoms with Crippen molar-refractivity contribution in [2.45, 2.75) is 491 Å². The van der Waals surface area contributed by atoms with Gasteiger partial charge in [0.2, 0.25) is 5.91 Å². The van der Waals surface area contributed by atoms with Crippen LogP contribution in [0, 0.1) is 0 Å². The molecule has 17 unspecified atom stereocenters. The highest BCUT2D eigenvalue weighted by molar-refractivity contribution is 5.76. The first-order valence-corrected chi connectivity index (χ1v) is 43.4. The molecule has 0 bridgehead atoms. The summed E-state index contributed by atoms with van der Waals surface area (Å²) in [5, 5.41) is 121. The van der Waals surface area contributed by atoms with Crippen molar-refractivity contribution in [1.82, 2.24) is 5.32 Å². The van der Waals surface area contributed by atoms with Gasteiger partial charge in [0.15, 0.2) is 18.9 Å². The number of rotatable bonds is 71. The van der Waals surface area contributed by atoms with Crippen LogP contribution in [0.3, 0.4) is 0 Å². The predicted molar refractivity (Wildman–Crippen MR) is 411 cm³/mol. The molecule has 0 radical (unpaired) electrons. The molecule has 17 atom stereocenters. The zero-order valence-electron chi connectivity index (χ0n) is 65.6. The Hall–Kier alpha value is -1.47. The molecule has 3 aliphatic rings. The van der Waals surface area contributed by atoms with Gasteiger partial charge in [-0.1, -0.05) is 373 Å². The lowest BCUT2D eigenvalue weighted by molar-refractivity contribution is -0.379. The third-order valence-corrected chi connectivity index (χ3v) is 22.1. The Bertz CT molecular complexity index is 1910. The fourth-order valence-corrected chi connectivity index (χ4v) is 15.1. The van der Waals surface area contributed by atoms with Gasteiger partial charge in [0.1, 0.15) is 73.2 Å². The van der Waals surface area contributed by atoms with Gasteiger partial charge in [-0.15, -0.1) is 0 Å². The van der Waals surface area contributed by atoms with Gasteiger partial charge in [-0.2, -0.15) is 0 Å². The minimum Gasteiger partial charge on any atom is -0.394 e. The predicted octanol–water partition coefficient (Wildman–Crippen LogP) is 15.5. The summed E-state index contributed by atoms with van der Waals surface area (Å²) in [5.74, 6) is -0.265. The molecule has 0 aromatic carbocycles. The molecule has 103 heavy (non-hydrogen) atoms. The van der Waals surface area contributed by atoms with Gasteiger partial charge in [0.05, 0.1) is 38.6 Å². The number of aliphatic hydroxyl groups is 11. The fraction of sp³-hybridized carbons (Fsp3) is 0.964. The molecule has 12 N–H and O–H groups in total. The van der Waals surface area contributed by atoms with Crippen molar-refractivity contribution in [2.24, 2.45) is 0 Å². The van der Waals surface area contributed by atoms with Crippen molar-refractivity contribution < 1.29 is 89.4 Å². The molecule has 1 amide bonds. The Balaban J connectivity index is 1.35. The molecule has 0 aliphatic carbocycles. The normalized spacial score (nSPS) is 26.0. The van der Waals surface area contributed by atoms with Gasteiger partial charge in [-0.05, 0) is 19.3 Å². The molecule has 610 valence electrons. The average Bonchev–Trinajstić information content (AvgIpc) is 0.781. The Morgan fingerprint density at radius 2 is 0.602 bits per heavy atom. The number of carbonyl (C=O) groups excluding carboxylic acids is 1. The van der Waals surface area contributed by atoms with E-state index in [1.54, 1.807) is 6.08 Å². The zero-order chi connectivity index (χ0) is 74.6. The van der Waals surface area contributed by atoms with E-state index in [0.717, 1.165) is 44.9 Å². The Kier molecular flexibility index (Phi) is 60.7. The van der Waals surface area contributed by atoms with Crippen molar-refractivity contribution >= 4 is 5.91 Å². The highest BCUT2D eigenvalue weighted by Crippen LogP contribution is 2.34. The van der Waals surface area contributed by atoms with E-state index in [4.69, 9.17) is 28.4 Å². The third kappa shape index (κ3) is 44.8. The molecule has 3 aliphatic heterocycles. The Morgan fingerprint density at radius 3 is 0.913 bits per heavy atom. The Morgan fingerprint density at radius 1 is 0.340 bits per heavy atom. The molecule has 3 saturated heterocycles. The fourth-order valence-electron chi connectivity index (χ4n) is 15.1. The number of nitrogens with one attached hydrogen (secondary N) is 1. The number of unbranched alkanes of at least 4 members (excludes halogenated alkanes) is 55. The molecular weight excluding hydrogens is 1310 g/mol. The largest absolute Gasteiger partial charge is 0.394 e. The Labute approximate surface area is 626 Å². The van der Waals surface area contributed by atoms with Crippen LogP contribution in [0.15, 0.2) is 12.2 Å². The number of hydrogen-bond donors (Lipinski definition) is 12. The zero-order valence-corrected chi connectivity index (χ0v) is 65.6. The lowest BCUT2D eigenvalue weighted by Gasteiger charge is -2.48. The lowest BCUT2D eigenvalue weighted by Crippen LogP contribution is -2.66. The SMILES string of the molecule is CCCCCCCCCCCCCCCCCCCCCCCCCCCCCCCC/C=C/C(O)C(COC1OC(CO)C(OC2OC(CO)C(OC3OC(CO)C(O)C(O)C3O)C(O)C2O)C(O)C1O)NC(=O)CCCCCCCCCCCCCCCCCCCCCCCCCCCC. The summed E-state index contributed by atoms with van der Waals surface area (Å²) in [4.78, 5) is 13.5. The maximum atomic E-state index is 13.5. The minimum atomic E-state index is -1.98. The number of carbonyl (C=O) groups is 1. The summed E-state index contributed by atoms with van der Waals surface area (Å²) in [6, 6.07) is -0.971. The molecule has 0 spiro atoms. The first-order chi connectivity index (χ1) is 50.3. The van der Waals surface area contributed by atoms with Crippen LogP contribution in [-0.2, 0) is 33.2 Å². The van der Waals surface area contributed by atoms with Crippen LogP contribution in [0.5, 0.6) is 0 Å². The third-order valence-electron chi connectivity index (χ3n) is 22.1. The van der Waals surface area contributed by atoms with E-state index in [1.807, 2.05) is 6.08 Å². The van der Waals surface area contributed by atoms with Crippen molar-refractivity contribution in [1.29, 1.82) is 0 Å². The number of aliphatic hydroxyl groups excluding tert-OH is 11. The molecule has 0 aromatic heterocycles. The van der Waals surface area contributed by atoms with Crippen molar-refractivity contribution in [3.63, 3.8) is 0 Å². The molecule has 0 aromatic rings. The maximum Gasteiger partial charge on any atom is 0.220 e. The average molecular weight is 1470 g/mol. The molecule has 0 saturated carbocycles. The van der Waals surface area contributed by atoms with Crippen molar-refractivity contribution in [2.75, 3.05) is 26.4 Å². The van der Waals surface area contributed by atoms with E-state index in [1.165, 1.54) is 315 Å². The van der Waals surface area contributed by atoms with Crippen LogP contribution < -0.4 is 5.32 Å². The summed E-state index contributed by atoms with van der Waals surface area (Å²) in [6.45, 7) is 1.82. The van der Waals surface area contributed by atoms with E-state index < -0.39 is 124 Å². The van der Waals surface area contributed by atoms with Gasteiger partial charge >= 0.3 is 0 Å². The lowest BCUT2D eigenvalue weighted by atomic mass is 9.96. The minimum absolute atomic E-state index is 0.250. The van der Waals surface area contributed by atoms with E-state index in [-0.39, 0.29) is 18.9 Å². The van der Waals surface area contributed by atoms with E-state index in [2.05, 4.69) is 19.2 Å².